The van der Waals surface area contributed by atoms with Crippen LogP contribution in [0.1, 0.15) is 39.5 Å². The minimum absolute atomic E-state index is 0.755. The molecule has 0 fully saturated rings. The second kappa shape index (κ2) is 6.02. The number of rotatable bonds is 7. The summed E-state index contributed by atoms with van der Waals surface area (Å²) in [5.41, 5.74) is 0. The van der Waals surface area contributed by atoms with E-state index in [1.54, 1.807) is 0 Å². The van der Waals surface area contributed by atoms with Crippen LogP contribution in [0.5, 0.6) is 0 Å². The van der Waals surface area contributed by atoms with Crippen molar-refractivity contribution in [1.82, 2.24) is 0 Å². The molecule has 0 aromatic rings. The van der Waals surface area contributed by atoms with Crippen LogP contribution < -0.4 is 0 Å². The first-order chi connectivity index (χ1) is 7.09. The summed E-state index contributed by atoms with van der Waals surface area (Å²) in [4.78, 5) is 0. The van der Waals surface area contributed by atoms with Crippen LogP contribution in [0.2, 0.25) is 0 Å². The third-order valence-corrected chi connectivity index (χ3v) is 3.96. The highest BCUT2D eigenvalue weighted by atomic mass is 15.3. The van der Waals surface area contributed by atoms with Gasteiger partial charge in [0.15, 0.2) is 0 Å². The highest BCUT2D eigenvalue weighted by Gasteiger charge is 2.26. The van der Waals surface area contributed by atoms with E-state index in [4.69, 9.17) is 0 Å². The Morgan fingerprint density at radius 1 is 0.750 bits per heavy atom. The van der Waals surface area contributed by atoms with Crippen LogP contribution in [-0.4, -0.2) is 63.3 Å². The van der Waals surface area contributed by atoms with Gasteiger partial charge in [-0.15, -0.1) is 0 Å². The molecule has 16 heavy (non-hydrogen) atoms. The first-order valence-corrected chi connectivity index (χ1v) is 6.71. The van der Waals surface area contributed by atoms with E-state index in [-0.39, 0.29) is 0 Å². The standard InChI is InChI=1S/C14H34N2/c1-9-10-14(16(6,7)8)12-11-13(2)15(3,4)5/h13-14H,9-12H2,1-8H3/q+2. The minimum Gasteiger partial charge on any atom is -0.329 e. The molecule has 2 nitrogen and oxygen atoms in total. The van der Waals surface area contributed by atoms with Crippen LogP contribution in [0.25, 0.3) is 0 Å². The Kier molecular flexibility index (Phi) is 5.99. The van der Waals surface area contributed by atoms with Gasteiger partial charge in [0, 0.05) is 12.8 Å². The zero-order valence-corrected chi connectivity index (χ0v) is 12.9. The van der Waals surface area contributed by atoms with Crippen molar-refractivity contribution >= 4 is 0 Å². The summed E-state index contributed by atoms with van der Waals surface area (Å²) in [6.07, 6.45) is 5.35. The molecule has 0 spiro atoms. The summed E-state index contributed by atoms with van der Waals surface area (Å²) in [6.45, 7) is 4.67. The van der Waals surface area contributed by atoms with Crippen molar-refractivity contribution in [3.05, 3.63) is 0 Å². The maximum absolute atomic E-state index is 2.37. The normalized spacial score (nSPS) is 17.2. The van der Waals surface area contributed by atoms with Crippen molar-refractivity contribution in [2.45, 2.75) is 51.6 Å². The molecule has 2 heteroatoms. The highest BCUT2D eigenvalue weighted by Crippen LogP contribution is 2.19. The van der Waals surface area contributed by atoms with Gasteiger partial charge in [0.2, 0.25) is 0 Å². The van der Waals surface area contributed by atoms with Crippen LogP contribution in [0, 0.1) is 0 Å². The van der Waals surface area contributed by atoms with E-state index in [0.29, 0.717) is 0 Å². The van der Waals surface area contributed by atoms with E-state index >= 15 is 0 Å². The molecule has 98 valence electrons. The average molecular weight is 230 g/mol. The average Bonchev–Trinajstić information content (AvgIpc) is 2.07. The lowest BCUT2D eigenvalue weighted by atomic mass is 10.00. The summed E-state index contributed by atoms with van der Waals surface area (Å²) >= 11 is 0. The molecule has 0 heterocycles. The molecule has 0 aliphatic carbocycles. The Hall–Kier alpha value is -0.0800. The lowest BCUT2D eigenvalue weighted by molar-refractivity contribution is -0.903. The minimum atomic E-state index is 0.755. The number of quaternary nitrogens is 2. The van der Waals surface area contributed by atoms with Crippen molar-refractivity contribution in [1.29, 1.82) is 0 Å². The van der Waals surface area contributed by atoms with Crippen molar-refractivity contribution in [2.75, 3.05) is 42.3 Å². The maximum Gasteiger partial charge on any atom is 0.0886 e. The summed E-state index contributed by atoms with van der Waals surface area (Å²) < 4.78 is 2.19. The van der Waals surface area contributed by atoms with Gasteiger partial charge in [0.1, 0.15) is 0 Å². The summed E-state index contributed by atoms with van der Waals surface area (Å²) in [7, 11) is 13.9. The zero-order chi connectivity index (χ0) is 13.0. The molecule has 0 amide bonds. The Morgan fingerprint density at radius 3 is 1.56 bits per heavy atom. The van der Waals surface area contributed by atoms with E-state index in [9.17, 15) is 0 Å². The molecule has 0 aromatic heterocycles. The summed E-state index contributed by atoms with van der Waals surface area (Å²) in [6, 6.07) is 1.57. The SMILES string of the molecule is CCCC(CCC(C)[N+](C)(C)C)[N+](C)(C)C. The highest BCUT2D eigenvalue weighted by molar-refractivity contribution is 4.61. The molecule has 2 atom stereocenters. The van der Waals surface area contributed by atoms with Crippen molar-refractivity contribution in [3.8, 4) is 0 Å². The van der Waals surface area contributed by atoms with E-state index in [0.717, 1.165) is 21.0 Å². The predicted molar refractivity (Wildman–Crippen MR) is 73.5 cm³/mol. The molecule has 0 radical (unpaired) electrons. The monoisotopic (exact) mass is 230 g/mol. The first kappa shape index (κ1) is 15.9. The van der Waals surface area contributed by atoms with Gasteiger partial charge in [-0.2, -0.15) is 0 Å². The number of hydrogen-bond donors (Lipinski definition) is 0. The van der Waals surface area contributed by atoms with Crippen molar-refractivity contribution < 1.29 is 8.97 Å². The number of nitrogens with zero attached hydrogens (tertiary/aromatic N) is 2. The molecule has 0 saturated heterocycles. The Bertz CT molecular complexity index is 186. The smallest absolute Gasteiger partial charge is 0.0886 e. The lowest BCUT2D eigenvalue weighted by Gasteiger charge is -2.37. The fourth-order valence-corrected chi connectivity index (χ4v) is 2.07. The Labute approximate surface area is 103 Å². The van der Waals surface area contributed by atoms with Crippen molar-refractivity contribution in [2.24, 2.45) is 0 Å². The van der Waals surface area contributed by atoms with Gasteiger partial charge in [0.25, 0.3) is 0 Å². The topological polar surface area (TPSA) is 0 Å². The fraction of sp³-hybridized carbons (Fsp3) is 1.00. The van der Waals surface area contributed by atoms with E-state index in [2.05, 4.69) is 56.1 Å². The largest absolute Gasteiger partial charge is 0.329 e. The second-order valence-electron chi connectivity index (χ2n) is 7.10. The van der Waals surface area contributed by atoms with E-state index in [1.165, 1.54) is 25.7 Å². The second-order valence-corrected chi connectivity index (χ2v) is 7.10. The van der Waals surface area contributed by atoms with Gasteiger partial charge in [-0.3, -0.25) is 0 Å². The van der Waals surface area contributed by atoms with Gasteiger partial charge in [-0.1, -0.05) is 13.3 Å². The molecule has 0 aliphatic rings. The molecule has 0 aromatic carbocycles. The molecule has 0 saturated carbocycles. The van der Waals surface area contributed by atoms with Gasteiger partial charge in [-0.25, -0.2) is 0 Å². The zero-order valence-electron chi connectivity index (χ0n) is 12.9. The van der Waals surface area contributed by atoms with Gasteiger partial charge < -0.3 is 8.97 Å². The van der Waals surface area contributed by atoms with Gasteiger partial charge in [0.05, 0.1) is 54.4 Å². The molecular weight excluding hydrogens is 196 g/mol. The fourth-order valence-electron chi connectivity index (χ4n) is 2.07. The third kappa shape index (κ3) is 5.86. The molecule has 0 aliphatic heterocycles. The maximum atomic E-state index is 2.37. The van der Waals surface area contributed by atoms with Gasteiger partial charge >= 0.3 is 0 Å². The molecule has 2 unspecified atom stereocenters. The Balaban J connectivity index is 4.23. The van der Waals surface area contributed by atoms with Crippen LogP contribution >= 0.6 is 0 Å². The third-order valence-electron chi connectivity index (χ3n) is 3.96. The number of hydrogen-bond acceptors (Lipinski definition) is 0. The summed E-state index contributed by atoms with van der Waals surface area (Å²) in [5, 5.41) is 0. The molecular formula is C14H34N2+2. The molecule has 0 bridgehead atoms. The summed E-state index contributed by atoms with van der Waals surface area (Å²) in [5.74, 6) is 0. The molecule has 0 N–H and O–H groups in total. The van der Waals surface area contributed by atoms with Crippen LogP contribution in [-0.2, 0) is 0 Å². The molecule has 0 rings (SSSR count). The van der Waals surface area contributed by atoms with Gasteiger partial charge in [-0.05, 0) is 13.3 Å². The first-order valence-electron chi connectivity index (χ1n) is 6.71. The van der Waals surface area contributed by atoms with Crippen LogP contribution in [0.15, 0.2) is 0 Å². The van der Waals surface area contributed by atoms with Crippen molar-refractivity contribution in [3.63, 3.8) is 0 Å². The quantitative estimate of drug-likeness (QED) is 0.590. The lowest BCUT2D eigenvalue weighted by Crippen LogP contribution is -2.47. The predicted octanol–water partition coefficient (Wildman–Crippen LogP) is 2.74. The van der Waals surface area contributed by atoms with Crippen LogP contribution in [0.3, 0.4) is 0 Å². The van der Waals surface area contributed by atoms with E-state index in [1.807, 2.05) is 0 Å². The van der Waals surface area contributed by atoms with Crippen LogP contribution in [0.4, 0.5) is 0 Å². The van der Waals surface area contributed by atoms with E-state index < -0.39 is 0 Å². The Morgan fingerprint density at radius 2 is 1.25 bits per heavy atom.